The number of hydrogen-bond acceptors (Lipinski definition) is 5. The SMILES string of the molecule is CCCCCCCCCCCCCCCCCCOc1cc(OCCCOc2ccccc2)cc(C(=O)O)c1.O=C(O)c1ccccc1. The van der Waals surface area contributed by atoms with E-state index in [0.29, 0.717) is 43.3 Å². The molecule has 0 saturated carbocycles. The summed E-state index contributed by atoms with van der Waals surface area (Å²) in [6.07, 6.45) is 22.0. The molecule has 0 atom stereocenters. The zero-order valence-electron chi connectivity index (χ0n) is 29.1. The van der Waals surface area contributed by atoms with Crippen LogP contribution >= 0.6 is 0 Å². The van der Waals surface area contributed by atoms with Gasteiger partial charge in [-0.3, -0.25) is 0 Å². The molecule has 48 heavy (non-hydrogen) atoms. The second-order valence-corrected chi connectivity index (χ2v) is 12.2. The van der Waals surface area contributed by atoms with Crippen molar-refractivity contribution in [2.45, 2.75) is 116 Å². The molecule has 0 bridgehead atoms. The summed E-state index contributed by atoms with van der Waals surface area (Å²) in [5.74, 6) is 0.0221. The highest BCUT2D eigenvalue weighted by Crippen LogP contribution is 2.24. The van der Waals surface area contributed by atoms with Gasteiger partial charge in [0, 0.05) is 12.5 Å². The molecule has 3 aromatic carbocycles. The van der Waals surface area contributed by atoms with E-state index in [1.54, 1.807) is 48.5 Å². The smallest absolute Gasteiger partial charge is 0.335 e. The number of unbranched alkanes of at least 4 members (excludes halogenated alkanes) is 15. The van der Waals surface area contributed by atoms with Crippen LogP contribution in [0.5, 0.6) is 17.2 Å². The Bertz CT molecular complexity index is 1230. The highest BCUT2D eigenvalue weighted by molar-refractivity contribution is 5.88. The molecule has 3 rings (SSSR count). The first-order valence-electron chi connectivity index (χ1n) is 18.1. The molecule has 0 unspecified atom stereocenters. The fourth-order valence-electron chi connectivity index (χ4n) is 5.24. The second kappa shape index (κ2) is 27.0. The van der Waals surface area contributed by atoms with Gasteiger partial charge in [0.05, 0.1) is 30.9 Å². The lowest BCUT2D eigenvalue weighted by Crippen LogP contribution is -2.06. The summed E-state index contributed by atoms with van der Waals surface area (Å²) in [5, 5.41) is 17.8. The van der Waals surface area contributed by atoms with Crippen LogP contribution in [0.15, 0.2) is 78.9 Å². The Balaban J connectivity index is 0.000000764. The maximum Gasteiger partial charge on any atom is 0.335 e. The molecule has 0 radical (unpaired) electrons. The lowest BCUT2D eigenvalue weighted by molar-refractivity contribution is 0.0685. The van der Waals surface area contributed by atoms with E-state index in [-0.39, 0.29) is 5.56 Å². The van der Waals surface area contributed by atoms with E-state index in [9.17, 15) is 14.7 Å². The Labute approximate surface area is 288 Å². The van der Waals surface area contributed by atoms with Gasteiger partial charge < -0.3 is 24.4 Å². The molecule has 0 aliphatic heterocycles. The number of benzene rings is 3. The molecule has 0 heterocycles. The lowest BCUT2D eigenvalue weighted by atomic mass is 10.0. The standard InChI is InChI=1S/C34H52O5.C7H6O2/c1-2-3-4-5-6-7-8-9-10-11-12-13-14-15-16-20-24-38-32-27-30(34(35)36)28-33(29-32)39-26-21-25-37-31-22-18-17-19-23-31;8-7(9)6-4-2-1-3-5-6/h17-19,22-23,27-29H,2-16,20-21,24-26H2,1H3,(H,35,36);1-5H,(H,8,9). The number of carboxylic acid groups (broad SMARTS) is 2. The molecule has 7 heteroatoms. The highest BCUT2D eigenvalue weighted by Gasteiger charge is 2.09. The first-order valence-corrected chi connectivity index (χ1v) is 18.1. The molecule has 0 aliphatic carbocycles. The van der Waals surface area contributed by atoms with E-state index in [4.69, 9.17) is 19.3 Å². The quantitative estimate of drug-likeness (QED) is 0.0825. The zero-order chi connectivity index (χ0) is 34.5. The van der Waals surface area contributed by atoms with Gasteiger partial charge in [0.2, 0.25) is 0 Å². The maximum atomic E-state index is 11.5. The molecule has 0 spiro atoms. The lowest BCUT2D eigenvalue weighted by Gasteiger charge is -2.12. The summed E-state index contributed by atoms with van der Waals surface area (Å²) < 4.78 is 17.3. The van der Waals surface area contributed by atoms with Gasteiger partial charge >= 0.3 is 11.9 Å². The van der Waals surface area contributed by atoms with Crippen molar-refractivity contribution >= 4 is 11.9 Å². The van der Waals surface area contributed by atoms with Gasteiger partial charge in [-0.25, -0.2) is 9.59 Å². The summed E-state index contributed by atoms with van der Waals surface area (Å²) >= 11 is 0. The van der Waals surface area contributed by atoms with E-state index < -0.39 is 11.9 Å². The molecule has 0 saturated heterocycles. The summed E-state index contributed by atoms with van der Waals surface area (Å²) in [5.41, 5.74) is 0.507. The third kappa shape index (κ3) is 20.3. The summed E-state index contributed by atoms with van der Waals surface area (Å²) in [4.78, 5) is 21.7. The number of ether oxygens (including phenoxy) is 3. The van der Waals surface area contributed by atoms with Crippen molar-refractivity contribution in [1.82, 2.24) is 0 Å². The van der Waals surface area contributed by atoms with Crippen molar-refractivity contribution < 1.29 is 34.0 Å². The molecular formula is C41H58O7. The Morgan fingerprint density at radius 3 is 1.23 bits per heavy atom. The minimum atomic E-state index is -0.986. The van der Waals surface area contributed by atoms with Crippen LogP contribution in [0.1, 0.15) is 137 Å². The molecule has 0 aromatic heterocycles. The van der Waals surface area contributed by atoms with Gasteiger partial charge in [-0.2, -0.15) is 0 Å². The zero-order valence-corrected chi connectivity index (χ0v) is 29.1. The number of hydrogen-bond donors (Lipinski definition) is 2. The van der Waals surface area contributed by atoms with Gasteiger partial charge in [-0.05, 0) is 42.8 Å². The van der Waals surface area contributed by atoms with Crippen LogP contribution in [0, 0.1) is 0 Å². The molecule has 2 N–H and O–H groups in total. The maximum absolute atomic E-state index is 11.5. The minimum Gasteiger partial charge on any atom is -0.493 e. The minimum absolute atomic E-state index is 0.176. The Morgan fingerprint density at radius 1 is 0.438 bits per heavy atom. The largest absolute Gasteiger partial charge is 0.493 e. The average Bonchev–Trinajstić information content (AvgIpc) is 3.10. The van der Waals surface area contributed by atoms with Crippen LogP contribution < -0.4 is 14.2 Å². The van der Waals surface area contributed by atoms with Gasteiger partial charge in [-0.1, -0.05) is 140 Å². The number of carbonyl (C=O) groups is 2. The van der Waals surface area contributed by atoms with Crippen molar-refractivity contribution in [2.24, 2.45) is 0 Å². The predicted molar refractivity (Wildman–Crippen MR) is 194 cm³/mol. The van der Waals surface area contributed by atoms with Crippen molar-refractivity contribution in [3.63, 3.8) is 0 Å². The third-order valence-corrected chi connectivity index (χ3v) is 7.98. The monoisotopic (exact) mass is 662 g/mol. The van der Waals surface area contributed by atoms with Crippen molar-refractivity contribution in [3.8, 4) is 17.2 Å². The van der Waals surface area contributed by atoms with E-state index >= 15 is 0 Å². The Morgan fingerprint density at radius 2 is 0.812 bits per heavy atom. The Hall–Kier alpha value is -4.00. The van der Waals surface area contributed by atoms with Crippen LogP contribution in [0.2, 0.25) is 0 Å². The van der Waals surface area contributed by atoms with Crippen LogP contribution in [0.3, 0.4) is 0 Å². The summed E-state index contributed by atoms with van der Waals surface area (Å²) in [6, 6.07) is 22.8. The van der Waals surface area contributed by atoms with Crippen LogP contribution in [0.25, 0.3) is 0 Å². The van der Waals surface area contributed by atoms with E-state index in [0.717, 1.165) is 18.6 Å². The molecular weight excluding hydrogens is 604 g/mol. The first kappa shape index (κ1) is 40.2. The van der Waals surface area contributed by atoms with Gasteiger partial charge in [0.1, 0.15) is 17.2 Å². The normalized spacial score (nSPS) is 10.5. The van der Waals surface area contributed by atoms with Crippen LogP contribution in [-0.4, -0.2) is 42.0 Å². The highest BCUT2D eigenvalue weighted by atomic mass is 16.5. The Kier molecular flexibility index (Phi) is 22.6. The van der Waals surface area contributed by atoms with Crippen molar-refractivity contribution in [1.29, 1.82) is 0 Å². The number of carboxylic acids is 2. The van der Waals surface area contributed by atoms with E-state index in [1.165, 1.54) is 89.9 Å². The van der Waals surface area contributed by atoms with E-state index in [2.05, 4.69) is 6.92 Å². The summed E-state index contributed by atoms with van der Waals surface area (Å²) in [7, 11) is 0. The molecule has 0 fully saturated rings. The first-order chi connectivity index (χ1) is 23.5. The second-order valence-electron chi connectivity index (χ2n) is 12.2. The molecule has 0 amide bonds. The fraction of sp³-hybridized carbons (Fsp3) is 0.512. The third-order valence-electron chi connectivity index (χ3n) is 7.98. The van der Waals surface area contributed by atoms with Crippen LogP contribution in [-0.2, 0) is 0 Å². The van der Waals surface area contributed by atoms with Gasteiger partial charge in [-0.15, -0.1) is 0 Å². The average molecular weight is 663 g/mol. The fourth-order valence-corrected chi connectivity index (χ4v) is 5.24. The number of para-hydroxylation sites is 1. The van der Waals surface area contributed by atoms with Crippen molar-refractivity contribution in [3.05, 3.63) is 90.0 Å². The molecule has 0 aliphatic rings. The van der Waals surface area contributed by atoms with Crippen LogP contribution in [0.4, 0.5) is 0 Å². The number of aromatic carboxylic acids is 2. The van der Waals surface area contributed by atoms with E-state index in [1.807, 2.05) is 30.3 Å². The predicted octanol–water partition coefficient (Wildman–Crippen LogP) is 11.3. The molecule has 7 nitrogen and oxygen atoms in total. The molecule has 264 valence electrons. The number of rotatable bonds is 26. The van der Waals surface area contributed by atoms with Gasteiger partial charge in [0.25, 0.3) is 0 Å². The van der Waals surface area contributed by atoms with Gasteiger partial charge in [0.15, 0.2) is 0 Å². The molecule has 3 aromatic rings. The van der Waals surface area contributed by atoms with Crippen molar-refractivity contribution in [2.75, 3.05) is 19.8 Å². The topological polar surface area (TPSA) is 102 Å². The summed E-state index contributed by atoms with van der Waals surface area (Å²) in [6.45, 7) is 3.84.